The summed E-state index contributed by atoms with van der Waals surface area (Å²) in [5.41, 5.74) is 2.76. The number of hydrogen-bond acceptors (Lipinski definition) is 3. The van der Waals surface area contributed by atoms with Crippen molar-refractivity contribution in [1.29, 1.82) is 0 Å². The number of fused-ring (bicyclic) bond motifs is 1. The van der Waals surface area contributed by atoms with Gasteiger partial charge in [-0.2, -0.15) is 0 Å². The first-order valence-electron chi connectivity index (χ1n) is 11.9. The first-order valence-corrected chi connectivity index (χ1v) is 11.9. The van der Waals surface area contributed by atoms with Crippen molar-refractivity contribution in [2.45, 2.75) is 59.6 Å². The van der Waals surface area contributed by atoms with Crippen LogP contribution < -0.4 is 4.74 Å². The van der Waals surface area contributed by atoms with E-state index in [-0.39, 0.29) is 23.5 Å². The van der Waals surface area contributed by atoms with E-state index in [2.05, 4.69) is 0 Å². The molecule has 33 heavy (non-hydrogen) atoms. The zero-order valence-corrected chi connectivity index (χ0v) is 20.3. The van der Waals surface area contributed by atoms with Crippen molar-refractivity contribution < 1.29 is 18.7 Å². The molecule has 1 heterocycles. The first-order chi connectivity index (χ1) is 15.7. The minimum absolute atomic E-state index is 0.0568. The summed E-state index contributed by atoms with van der Waals surface area (Å²) in [6.07, 6.45) is 0.532. The van der Waals surface area contributed by atoms with Gasteiger partial charge in [-0.05, 0) is 74.1 Å². The second kappa shape index (κ2) is 10.8. The van der Waals surface area contributed by atoms with Crippen molar-refractivity contribution in [3.8, 4) is 5.75 Å². The molecule has 6 heteroatoms. The monoisotopic (exact) mass is 454 g/mol. The van der Waals surface area contributed by atoms with Crippen LogP contribution in [0.4, 0.5) is 4.39 Å². The van der Waals surface area contributed by atoms with E-state index in [1.54, 1.807) is 17.9 Å². The van der Waals surface area contributed by atoms with E-state index < -0.39 is 12.1 Å². The Hall–Kier alpha value is -2.89. The maximum absolute atomic E-state index is 14.1. The molecule has 0 saturated carbocycles. The van der Waals surface area contributed by atoms with Gasteiger partial charge < -0.3 is 14.5 Å². The number of carbonyl (C=O) groups is 2. The molecule has 0 fully saturated rings. The quantitative estimate of drug-likeness (QED) is 0.565. The molecule has 0 aromatic heterocycles. The maximum atomic E-state index is 14.1. The van der Waals surface area contributed by atoms with Crippen LogP contribution in [-0.2, 0) is 16.0 Å². The average Bonchev–Trinajstić information content (AvgIpc) is 2.78. The van der Waals surface area contributed by atoms with Gasteiger partial charge in [0.05, 0.1) is 6.04 Å². The molecule has 2 amide bonds. The number of halogens is 1. The number of likely N-dealkylation sites (N-methyl/N-ethyl adjacent to an activating group) is 1. The largest absolute Gasteiger partial charge is 0.481 e. The van der Waals surface area contributed by atoms with Gasteiger partial charge in [-0.3, -0.25) is 9.59 Å². The van der Waals surface area contributed by atoms with Gasteiger partial charge >= 0.3 is 0 Å². The van der Waals surface area contributed by atoms with E-state index in [9.17, 15) is 14.0 Å². The Morgan fingerprint density at radius 3 is 2.48 bits per heavy atom. The standard InChI is InChI=1S/C27H35FN2O3/c1-6-29(7-2)27(32)19(5)33-23-12-11-20-13-14-30(25(31)15-18(3)4)26(24(20)17-23)21-9-8-10-22(28)16-21/h8-12,16-19,26H,6-7,13-15H2,1-5H3/t19-,26-/m0/s1. The summed E-state index contributed by atoms with van der Waals surface area (Å²) < 4.78 is 20.2. The van der Waals surface area contributed by atoms with Crippen LogP contribution in [0.25, 0.3) is 0 Å². The molecule has 0 spiro atoms. The lowest BCUT2D eigenvalue weighted by atomic mass is 9.87. The predicted molar refractivity (Wildman–Crippen MR) is 128 cm³/mol. The molecule has 178 valence electrons. The van der Waals surface area contributed by atoms with Gasteiger partial charge in [0, 0.05) is 26.1 Å². The van der Waals surface area contributed by atoms with Gasteiger partial charge in [-0.25, -0.2) is 4.39 Å². The second-order valence-corrected chi connectivity index (χ2v) is 9.02. The highest BCUT2D eigenvalue weighted by Crippen LogP contribution is 2.38. The van der Waals surface area contributed by atoms with Crippen LogP contribution in [-0.4, -0.2) is 47.4 Å². The second-order valence-electron chi connectivity index (χ2n) is 9.02. The molecule has 2 aromatic rings. The molecule has 5 nitrogen and oxygen atoms in total. The lowest BCUT2D eigenvalue weighted by Gasteiger charge is -2.38. The highest BCUT2D eigenvalue weighted by Gasteiger charge is 2.33. The number of benzene rings is 2. The van der Waals surface area contributed by atoms with Crippen molar-refractivity contribution >= 4 is 11.8 Å². The van der Waals surface area contributed by atoms with Gasteiger partial charge in [0.15, 0.2) is 6.10 Å². The van der Waals surface area contributed by atoms with Crippen LogP contribution >= 0.6 is 0 Å². The fourth-order valence-electron chi connectivity index (χ4n) is 4.48. The molecular weight excluding hydrogens is 419 g/mol. The third kappa shape index (κ3) is 5.73. The molecule has 0 unspecified atom stereocenters. The third-order valence-corrected chi connectivity index (χ3v) is 6.15. The molecule has 0 N–H and O–H groups in total. The Labute approximate surface area is 196 Å². The van der Waals surface area contributed by atoms with Crippen LogP contribution in [0.15, 0.2) is 42.5 Å². The number of ether oxygens (including phenoxy) is 1. The first kappa shape index (κ1) is 24.7. The van der Waals surface area contributed by atoms with Crippen LogP contribution in [0.3, 0.4) is 0 Å². The topological polar surface area (TPSA) is 49.9 Å². The van der Waals surface area contributed by atoms with Gasteiger partial charge in [0.1, 0.15) is 11.6 Å². The Kier molecular flexibility index (Phi) is 8.11. The molecule has 1 aliphatic rings. The Morgan fingerprint density at radius 1 is 1.12 bits per heavy atom. The summed E-state index contributed by atoms with van der Waals surface area (Å²) in [5, 5.41) is 0. The molecule has 0 radical (unpaired) electrons. The average molecular weight is 455 g/mol. The number of amides is 2. The Bertz CT molecular complexity index is 987. The summed E-state index contributed by atoms with van der Waals surface area (Å²) in [4.78, 5) is 29.4. The Balaban J connectivity index is 1.97. The van der Waals surface area contributed by atoms with E-state index >= 15 is 0 Å². The molecule has 2 aromatic carbocycles. The van der Waals surface area contributed by atoms with E-state index in [0.717, 1.165) is 23.1 Å². The fourth-order valence-corrected chi connectivity index (χ4v) is 4.48. The van der Waals surface area contributed by atoms with Crippen molar-refractivity contribution in [3.05, 3.63) is 65.0 Å². The normalized spacial score (nSPS) is 16.3. The highest BCUT2D eigenvalue weighted by atomic mass is 19.1. The zero-order valence-electron chi connectivity index (χ0n) is 20.3. The van der Waals surface area contributed by atoms with Crippen LogP contribution in [0, 0.1) is 11.7 Å². The SMILES string of the molecule is CCN(CC)C(=O)[C@H](C)Oc1ccc2c(c1)[C@H](c1cccc(F)c1)N(C(=O)CC(C)C)CC2. The van der Waals surface area contributed by atoms with Crippen LogP contribution in [0.1, 0.15) is 63.8 Å². The number of hydrogen-bond donors (Lipinski definition) is 0. The fraction of sp³-hybridized carbons (Fsp3) is 0.481. The molecule has 0 bridgehead atoms. The Morgan fingerprint density at radius 2 is 1.85 bits per heavy atom. The van der Waals surface area contributed by atoms with Gasteiger partial charge in [0.2, 0.25) is 5.91 Å². The number of nitrogens with zero attached hydrogens (tertiary/aromatic N) is 2. The summed E-state index contributed by atoms with van der Waals surface area (Å²) in [7, 11) is 0. The van der Waals surface area contributed by atoms with Crippen molar-refractivity contribution in [2.24, 2.45) is 5.92 Å². The maximum Gasteiger partial charge on any atom is 0.263 e. The molecular formula is C27H35FN2O3. The summed E-state index contributed by atoms with van der Waals surface area (Å²) in [6, 6.07) is 11.8. The smallest absolute Gasteiger partial charge is 0.263 e. The van der Waals surface area contributed by atoms with Crippen molar-refractivity contribution in [3.63, 3.8) is 0 Å². The summed E-state index contributed by atoms with van der Waals surface area (Å²) in [5.74, 6) is 0.464. The molecule has 1 aliphatic heterocycles. The minimum atomic E-state index is -0.627. The third-order valence-electron chi connectivity index (χ3n) is 6.15. The molecule has 3 rings (SSSR count). The van der Waals surface area contributed by atoms with Crippen LogP contribution in [0.5, 0.6) is 5.75 Å². The van der Waals surface area contributed by atoms with E-state index in [1.165, 1.54) is 12.1 Å². The lowest BCUT2D eigenvalue weighted by Crippen LogP contribution is -2.41. The van der Waals surface area contributed by atoms with E-state index in [1.807, 2.05) is 56.9 Å². The highest BCUT2D eigenvalue weighted by molar-refractivity contribution is 5.81. The zero-order chi connectivity index (χ0) is 24.1. The molecule has 0 aliphatic carbocycles. The molecule has 2 atom stereocenters. The lowest BCUT2D eigenvalue weighted by molar-refractivity contribution is -0.137. The van der Waals surface area contributed by atoms with Crippen molar-refractivity contribution in [1.82, 2.24) is 9.80 Å². The van der Waals surface area contributed by atoms with Crippen molar-refractivity contribution in [2.75, 3.05) is 19.6 Å². The predicted octanol–water partition coefficient (Wildman–Crippen LogP) is 4.98. The minimum Gasteiger partial charge on any atom is -0.481 e. The number of carbonyl (C=O) groups excluding carboxylic acids is 2. The van der Waals surface area contributed by atoms with Gasteiger partial charge in [0.25, 0.3) is 5.91 Å². The van der Waals surface area contributed by atoms with Crippen LogP contribution in [0.2, 0.25) is 0 Å². The molecule has 0 saturated heterocycles. The van der Waals surface area contributed by atoms with E-state index in [0.29, 0.717) is 31.8 Å². The van der Waals surface area contributed by atoms with Gasteiger partial charge in [-0.1, -0.05) is 32.0 Å². The van der Waals surface area contributed by atoms with Gasteiger partial charge in [-0.15, -0.1) is 0 Å². The van der Waals surface area contributed by atoms with E-state index in [4.69, 9.17) is 4.74 Å². The summed E-state index contributed by atoms with van der Waals surface area (Å²) >= 11 is 0. The summed E-state index contributed by atoms with van der Waals surface area (Å²) in [6.45, 7) is 11.5. The number of rotatable bonds is 8.